The van der Waals surface area contributed by atoms with Crippen molar-refractivity contribution in [3.63, 3.8) is 0 Å². The molecule has 0 N–H and O–H groups in total. The highest BCUT2D eigenvalue weighted by Crippen LogP contribution is 2.48. The van der Waals surface area contributed by atoms with E-state index in [1.807, 2.05) is 0 Å². The zero-order valence-corrected chi connectivity index (χ0v) is 41.4. The maximum atomic E-state index is 2.91. The van der Waals surface area contributed by atoms with Gasteiger partial charge in [-0.1, -0.05) is 100.0 Å². The van der Waals surface area contributed by atoms with E-state index in [0.29, 0.717) is 11.8 Å². The van der Waals surface area contributed by atoms with Crippen LogP contribution in [-0.4, -0.2) is 148 Å². The van der Waals surface area contributed by atoms with E-state index in [2.05, 4.69) is 150 Å². The fraction of sp³-hybridized carbons (Fsp3) is 0.579. The maximum Gasteiger partial charge on any atom is 0.0530 e. The molecule has 10 heteroatoms. The van der Waals surface area contributed by atoms with Gasteiger partial charge in [-0.3, -0.25) is 49.0 Å². The molecule has 12 rings (SSSR count). The quantitative estimate of drug-likeness (QED) is 0.215. The van der Waals surface area contributed by atoms with Gasteiger partial charge in [0, 0.05) is 124 Å². The molecule has 10 nitrogen and oxygen atoms in total. The van der Waals surface area contributed by atoms with Gasteiger partial charge in [0.05, 0.1) is 32.2 Å². The van der Waals surface area contributed by atoms with Crippen LogP contribution in [0.4, 0.5) is 0 Å². The molecule has 4 fully saturated rings. The van der Waals surface area contributed by atoms with E-state index in [1.165, 1.54) is 61.2 Å². The Hall–Kier alpha value is -3.52. The third-order valence-electron chi connectivity index (χ3n) is 17.4. The Morgan fingerprint density at radius 1 is 0.403 bits per heavy atom. The second-order valence-corrected chi connectivity index (χ2v) is 22.7. The van der Waals surface area contributed by atoms with E-state index in [4.69, 9.17) is 0 Å². The van der Waals surface area contributed by atoms with Crippen molar-refractivity contribution >= 4 is 0 Å². The summed E-state index contributed by atoms with van der Waals surface area (Å²) in [4.78, 5) is 27.5. The minimum Gasteiger partial charge on any atom is -0.299 e. The first kappa shape index (κ1) is 44.7. The van der Waals surface area contributed by atoms with Gasteiger partial charge in [0.1, 0.15) is 0 Å². The van der Waals surface area contributed by atoms with Crippen LogP contribution in [0, 0.1) is 11.8 Å². The summed E-state index contributed by atoms with van der Waals surface area (Å²) in [7, 11) is 2.54. The standard InChI is InChI=1S/C57H78N10/c1-5-55-25-44-15-46-19-47(16-44)32-61-11-13-66(41-61)37-53-24-54-27-56(26-53)57(55)43(3)28-59(6-2)30-48-20-51(35-64-8-7-60(31-46)39-64)23-52(21-48)36-65-10-9-62(40-65)33-49-17-45(29-58(57)4)18-50(22-49)34-63-12-14-67(38-54)42-63/h15-24,26-27,43,55H,5-14,25,28-42H2,1-4H3. The van der Waals surface area contributed by atoms with Gasteiger partial charge >= 0.3 is 0 Å². The van der Waals surface area contributed by atoms with Crippen LogP contribution >= 0.6 is 0 Å². The molecule has 4 saturated heterocycles. The molecule has 0 saturated carbocycles. The summed E-state index contributed by atoms with van der Waals surface area (Å²) in [5.41, 5.74) is 17.7. The van der Waals surface area contributed by atoms with Crippen LogP contribution in [-0.2, 0) is 77.4 Å². The fourth-order valence-electron chi connectivity index (χ4n) is 14.7. The fourth-order valence-corrected chi connectivity index (χ4v) is 14.7. The van der Waals surface area contributed by atoms with Gasteiger partial charge in [-0.05, 0) is 98.6 Å². The lowest BCUT2D eigenvalue weighted by Gasteiger charge is -2.53. The van der Waals surface area contributed by atoms with Gasteiger partial charge in [-0.2, -0.15) is 0 Å². The summed E-state index contributed by atoms with van der Waals surface area (Å²) in [6.45, 7) is 32.8. The van der Waals surface area contributed by atoms with Crippen LogP contribution in [0.5, 0.6) is 0 Å². The Morgan fingerprint density at radius 3 is 1.03 bits per heavy atom. The molecule has 4 aromatic carbocycles. The van der Waals surface area contributed by atoms with Crippen molar-refractivity contribution in [3.8, 4) is 0 Å². The van der Waals surface area contributed by atoms with Gasteiger partial charge in [-0.25, -0.2) is 0 Å². The Labute approximate surface area is 402 Å². The number of fused-ring (bicyclic) bond motifs is 21. The van der Waals surface area contributed by atoms with Crippen molar-refractivity contribution in [3.05, 3.63) is 140 Å². The molecule has 4 aromatic rings. The van der Waals surface area contributed by atoms with E-state index < -0.39 is 0 Å². The van der Waals surface area contributed by atoms with Crippen molar-refractivity contribution in [2.45, 2.75) is 105 Å². The first-order valence-corrected chi connectivity index (χ1v) is 26.4. The summed E-state index contributed by atoms with van der Waals surface area (Å²) in [6.07, 6.45) is 2.18. The average molecular weight is 903 g/mol. The van der Waals surface area contributed by atoms with E-state index in [0.717, 1.165) is 170 Å². The van der Waals surface area contributed by atoms with Crippen LogP contribution in [0.2, 0.25) is 0 Å². The van der Waals surface area contributed by atoms with E-state index >= 15 is 0 Å². The van der Waals surface area contributed by atoms with E-state index in [-0.39, 0.29) is 5.54 Å². The molecule has 0 aromatic heterocycles. The zero-order valence-electron chi connectivity index (χ0n) is 41.4. The van der Waals surface area contributed by atoms with Crippen molar-refractivity contribution in [1.29, 1.82) is 0 Å². The Kier molecular flexibility index (Phi) is 12.4. The number of hydrogen-bond donors (Lipinski definition) is 0. The van der Waals surface area contributed by atoms with Crippen LogP contribution in [0.25, 0.3) is 0 Å². The summed E-state index contributed by atoms with van der Waals surface area (Å²) >= 11 is 0. The first-order valence-electron chi connectivity index (χ1n) is 26.4. The molecule has 0 aliphatic carbocycles. The van der Waals surface area contributed by atoms with Gasteiger partial charge < -0.3 is 0 Å². The topological polar surface area (TPSA) is 32.4 Å². The number of hydrogen-bond acceptors (Lipinski definition) is 10. The predicted octanol–water partition coefficient (Wildman–Crippen LogP) is 6.80. The normalized spacial score (nSPS) is 34.4. The van der Waals surface area contributed by atoms with Gasteiger partial charge in [0.15, 0.2) is 0 Å². The second kappa shape index (κ2) is 18.7. The molecule has 67 heavy (non-hydrogen) atoms. The zero-order chi connectivity index (χ0) is 45.2. The van der Waals surface area contributed by atoms with Crippen molar-refractivity contribution < 1.29 is 0 Å². The molecule has 11 unspecified atom stereocenters. The molecule has 0 radical (unpaired) electrons. The van der Waals surface area contributed by atoms with E-state index in [9.17, 15) is 0 Å². The highest BCUT2D eigenvalue weighted by Gasteiger charge is 2.48. The van der Waals surface area contributed by atoms with E-state index in [1.54, 1.807) is 5.56 Å². The molecule has 8 aliphatic heterocycles. The van der Waals surface area contributed by atoms with Crippen LogP contribution in [0.1, 0.15) is 94.0 Å². The summed E-state index contributed by atoms with van der Waals surface area (Å²) in [5.74, 6) is 0.718. The molecular weight excluding hydrogens is 825 g/mol. The molecule has 8 aliphatic rings. The summed E-state index contributed by atoms with van der Waals surface area (Å²) < 4.78 is 0. The highest BCUT2D eigenvalue weighted by atomic mass is 15.4. The van der Waals surface area contributed by atoms with Crippen LogP contribution in [0.15, 0.2) is 72.8 Å². The Bertz CT molecular complexity index is 2390. The van der Waals surface area contributed by atoms with Crippen LogP contribution in [0.3, 0.4) is 0 Å². The number of benzene rings is 4. The second-order valence-electron chi connectivity index (χ2n) is 22.7. The molecule has 356 valence electrons. The number of nitrogens with zero attached hydrogens (tertiary/aromatic N) is 10. The molecule has 1 spiro atoms. The third kappa shape index (κ3) is 9.33. The lowest BCUT2D eigenvalue weighted by atomic mass is 9.65. The summed E-state index contributed by atoms with van der Waals surface area (Å²) in [5, 5.41) is 0. The first-order chi connectivity index (χ1) is 32.7. The minimum absolute atomic E-state index is 0.254. The molecule has 21 bridgehead atoms. The Morgan fingerprint density at radius 2 is 0.701 bits per heavy atom. The number of rotatable bonds is 2. The van der Waals surface area contributed by atoms with Crippen LogP contribution < -0.4 is 0 Å². The van der Waals surface area contributed by atoms with Crippen molar-refractivity contribution in [2.24, 2.45) is 11.8 Å². The third-order valence-corrected chi connectivity index (χ3v) is 17.4. The van der Waals surface area contributed by atoms with Crippen molar-refractivity contribution in [1.82, 2.24) is 49.0 Å². The predicted molar refractivity (Wildman–Crippen MR) is 269 cm³/mol. The van der Waals surface area contributed by atoms with Gasteiger partial charge in [0.25, 0.3) is 0 Å². The molecule has 0 amide bonds. The monoisotopic (exact) mass is 903 g/mol. The average Bonchev–Trinajstić information content (AvgIpc) is 4.12. The SMILES string of the molecule is CCC1Cc2cc3cc(c2)CN2CCN(Cc4cc5cc(c4)C14C(C)CN(CC)Cc1cc(cc(c1)CN1CCN(Cc6cc(cc(c6)CN4C)CN4CCN(C5)C4)C1)CN1CCN(C3)C1)C2. The van der Waals surface area contributed by atoms with Gasteiger partial charge in [-0.15, -0.1) is 0 Å². The molecular formula is C57H78N10. The largest absolute Gasteiger partial charge is 0.299 e. The smallest absolute Gasteiger partial charge is 0.0530 e. The molecule has 11 atom stereocenters. The lowest BCUT2D eigenvalue weighted by molar-refractivity contribution is -0.0227. The van der Waals surface area contributed by atoms with Gasteiger partial charge in [0.2, 0.25) is 0 Å². The minimum atomic E-state index is -0.254. The van der Waals surface area contributed by atoms with Crippen molar-refractivity contribution in [2.75, 3.05) is 99.2 Å². The lowest BCUT2D eigenvalue weighted by Crippen LogP contribution is -2.56. The Balaban J connectivity index is 1.10. The maximum absolute atomic E-state index is 2.91. The highest BCUT2D eigenvalue weighted by molar-refractivity contribution is 5.40. The summed E-state index contributed by atoms with van der Waals surface area (Å²) in [6, 6.07) is 31.5. The molecule has 8 heterocycles.